The van der Waals surface area contributed by atoms with E-state index in [-0.39, 0.29) is 5.91 Å². The SMILES string of the molecule is O=C(C#Cc1ccc(CN2CCC3(CCCC3)CC2)cc1)NCc1ccc(-c2ccc(Cl)cc2)cc1. The van der Waals surface area contributed by atoms with E-state index in [9.17, 15) is 4.79 Å². The quantitative estimate of drug-likeness (QED) is 0.392. The number of nitrogens with one attached hydrogen (secondary N) is 1. The smallest absolute Gasteiger partial charge is 0.296 e. The van der Waals surface area contributed by atoms with Crippen molar-refractivity contribution in [3.8, 4) is 23.0 Å². The zero-order valence-electron chi connectivity index (χ0n) is 20.7. The van der Waals surface area contributed by atoms with Crippen LogP contribution in [0.5, 0.6) is 0 Å². The summed E-state index contributed by atoms with van der Waals surface area (Å²) in [5, 5.41) is 3.61. The number of benzene rings is 3. The van der Waals surface area contributed by atoms with Gasteiger partial charge in [-0.05, 0) is 90.7 Å². The molecule has 3 nitrogen and oxygen atoms in total. The van der Waals surface area contributed by atoms with Crippen LogP contribution in [-0.4, -0.2) is 23.9 Å². The van der Waals surface area contributed by atoms with E-state index in [1.54, 1.807) is 0 Å². The number of rotatable bonds is 5. The molecule has 1 aliphatic heterocycles. The van der Waals surface area contributed by atoms with Crippen molar-refractivity contribution in [2.24, 2.45) is 5.41 Å². The van der Waals surface area contributed by atoms with E-state index in [0.717, 1.165) is 33.8 Å². The molecular weight excluding hydrogens is 464 g/mol. The number of carbonyl (C=O) groups excluding carboxylic acids is 1. The van der Waals surface area contributed by atoms with Crippen LogP contribution in [0, 0.1) is 17.3 Å². The average Bonchev–Trinajstić information content (AvgIpc) is 3.37. The summed E-state index contributed by atoms with van der Waals surface area (Å²) in [6, 6.07) is 24.2. The first-order valence-electron chi connectivity index (χ1n) is 13.0. The first-order chi connectivity index (χ1) is 17.6. The second-order valence-electron chi connectivity index (χ2n) is 10.3. The second kappa shape index (κ2) is 11.3. The number of nitrogens with zero attached hydrogens (tertiary/aromatic N) is 1. The molecule has 0 aromatic heterocycles. The molecule has 1 spiro atoms. The maximum absolute atomic E-state index is 12.2. The van der Waals surface area contributed by atoms with E-state index >= 15 is 0 Å². The summed E-state index contributed by atoms with van der Waals surface area (Å²) in [6.45, 7) is 3.88. The van der Waals surface area contributed by atoms with Crippen LogP contribution in [0.4, 0.5) is 0 Å². The van der Waals surface area contributed by atoms with Gasteiger partial charge in [0.25, 0.3) is 5.91 Å². The summed E-state index contributed by atoms with van der Waals surface area (Å²) in [4.78, 5) is 14.8. The Labute approximate surface area is 219 Å². The third-order valence-electron chi connectivity index (χ3n) is 7.85. The monoisotopic (exact) mass is 496 g/mol. The topological polar surface area (TPSA) is 32.3 Å². The molecule has 0 atom stereocenters. The fourth-order valence-electron chi connectivity index (χ4n) is 5.58. The minimum Gasteiger partial charge on any atom is -0.341 e. The molecule has 1 N–H and O–H groups in total. The molecule has 0 unspecified atom stereocenters. The van der Waals surface area contributed by atoms with Crippen LogP contribution < -0.4 is 5.32 Å². The molecule has 0 bridgehead atoms. The van der Waals surface area contributed by atoms with Gasteiger partial charge in [0, 0.05) is 29.6 Å². The molecule has 1 amide bonds. The number of likely N-dealkylation sites (tertiary alicyclic amines) is 1. The molecule has 184 valence electrons. The molecule has 3 aromatic carbocycles. The molecular formula is C32H33ClN2O. The third-order valence-corrected chi connectivity index (χ3v) is 8.10. The Kier molecular flexibility index (Phi) is 7.75. The van der Waals surface area contributed by atoms with Crippen LogP contribution >= 0.6 is 11.6 Å². The first kappa shape index (κ1) is 24.6. The zero-order chi connectivity index (χ0) is 24.8. The largest absolute Gasteiger partial charge is 0.341 e. The molecule has 1 saturated heterocycles. The van der Waals surface area contributed by atoms with Gasteiger partial charge in [0.1, 0.15) is 0 Å². The second-order valence-corrected chi connectivity index (χ2v) is 10.8. The van der Waals surface area contributed by atoms with Gasteiger partial charge in [-0.3, -0.25) is 9.69 Å². The van der Waals surface area contributed by atoms with Gasteiger partial charge in [-0.2, -0.15) is 0 Å². The van der Waals surface area contributed by atoms with Crippen molar-refractivity contribution in [2.45, 2.75) is 51.6 Å². The number of halogens is 1. The molecule has 0 radical (unpaired) electrons. The first-order valence-corrected chi connectivity index (χ1v) is 13.4. The highest BCUT2D eigenvalue weighted by atomic mass is 35.5. The number of hydrogen-bond acceptors (Lipinski definition) is 2. The van der Waals surface area contributed by atoms with Crippen LogP contribution in [0.2, 0.25) is 5.02 Å². The molecule has 2 fully saturated rings. The van der Waals surface area contributed by atoms with Crippen LogP contribution in [0.3, 0.4) is 0 Å². The standard InChI is InChI=1S/C32H33ClN2O/c33-30-14-12-29(13-15-30)28-10-7-26(8-11-28)23-34-31(36)16-9-25-3-5-27(6-4-25)24-35-21-19-32(20-22-35)17-1-2-18-32/h3-8,10-15H,1-2,17-24H2,(H,34,36). The van der Waals surface area contributed by atoms with Crippen molar-refractivity contribution >= 4 is 17.5 Å². The Morgan fingerprint density at radius 2 is 1.39 bits per heavy atom. The Bertz CT molecular complexity index is 1220. The average molecular weight is 497 g/mol. The Hall–Kier alpha value is -3.06. The fourth-order valence-corrected chi connectivity index (χ4v) is 5.70. The van der Waals surface area contributed by atoms with E-state index in [1.165, 1.54) is 57.2 Å². The van der Waals surface area contributed by atoms with Crippen molar-refractivity contribution in [2.75, 3.05) is 13.1 Å². The van der Waals surface area contributed by atoms with Crippen molar-refractivity contribution in [3.05, 3.63) is 94.5 Å². The van der Waals surface area contributed by atoms with Gasteiger partial charge in [0.15, 0.2) is 0 Å². The Balaban J connectivity index is 1.08. The van der Waals surface area contributed by atoms with Gasteiger partial charge in [0.05, 0.1) is 0 Å². The van der Waals surface area contributed by atoms with E-state index < -0.39 is 0 Å². The zero-order valence-corrected chi connectivity index (χ0v) is 21.5. The van der Waals surface area contributed by atoms with Crippen LogP contribution in [0.25, 0.3) is 11.1 Å². The predicted molar refractivity (Wildman–Crippen MR) is 147 cm³/mol. The summed E-state index contributed by atoms with van der Waals surface area (Å²) < 4.78 is 0. The van der Waals surface area contributed by atoms with Crippen LogP contribution in [-0.2, 0) is 17.9 Å². The maximum atomic E-state index is 12.2. The highest BCUT2D eigenvalue weighted by Gasteiger charge is 2.36. The molecule has 2 aliphatic rings. The van der Waals surface area contributed by atoms with Gasteiger partial charge in [-0.1, -0.05) is 78.9 Å². The molecule has 4 heteroatoms. The summed E-state index contributed by atoms with van der Waals surface area (Å²) in [6.07, 6.45) is 8.46. The normalized spacial score (nSPS) is 16.9. The molecule has 1 aliphatic carbocycles. The van der Waals surface area contributed by atoms with Crippen LogP contribution in [0.1, 0.15) is 55.2 Å². The number of hydrogen-bond donors (Lipinski definition) is 1. The van der Waals surface area contributed by atoms with E-state index in [2.05, 4.69) is 46.3 Å². The molecule has 1 saturated carbocycles. The minimum absolute atomic E-state index is 0.269. The van der Waals surface area contributed by atoms with Gasteiger partial charge < -0.3 is 5.32 Å². The molecule has 3 aromatic rings. The van der Waals surface area contributed by atoms with Crippen molar-refractivity contribution in [1.29, 1.82) is 0 Å². The number of piperidine rings is 1. The lowest BCUT2D eigenvalue weighted by Crippen LogP contribution is -2.38. The van der Waals surface area contributed by atoms with Crippen molar-refractivity contribution in [3.63, 3.8) is 0 Å². The molecule has 1 heterocycles. The van der Waals surface area contributed by atoms with E-state index in [1.807, 2.05) is 48.5 Å². The Morgan fingerprint density at radius 3 is 2.03 bits per heavy atom. The predicted octanol–water partition coefficient (Wildman–Crippen LogP) is 6.83. The highest BCUT2D eigenvalue weighted by molar-refractivity contribution is 6.30. The Morgan fingerprint density at radius 1 is 0.806 bits per heavy atom. The highest BCUT2D eigenvalue weighted by Crippen LogP contribution is 2.46. The van der Waals surface area contributed by atoms with Crippen LogP contribution in [0.15, 0.2) is 72.8 Å². The summed E-state index contributed by atoms with van der Waals surface area (Å²) >= 11 is 5.97. The third kappa shape index (κ3) is 6.38. The van der Waals surface area contributed by atoms with E-state index in [0.29, 0.717) is 12.0 Å². The van der Waals surface area contributed by atoms with E-state index in [4.69, 9.17) is 11.6 Å². The van der Waals surface area contributed by atoms with Gasteiger partial charge in [0.2, 0.25) is 0 Å². The number of carbonyl (C=O) groups is 1. The number of amides is 1. The summed E-state index contributed by atoms with van der Waals surface area (Å²) in [7, 11) is 0. The lowest BCUT2D eigenvalue weighted by Gasteiger charge is -2.39. The summed E-state index contributed by atoms with van der Waals surface area (Å²) in [5.74, 6) is 5.44. The molecule has 36 heavy (non-hydrogen) atoms. The summed E-state index contributed by atoms with van der Waals surface area (Å²) in [5.41, 5.74) is 6.10. The lowest BCUT2D eigenvalue weighted by atomic mass is 9.77. The van der Waals surface area contributed by atoms with Crippen molar-refractivity contribution in [1.82, 2.24) is 10.2 Å². The fraction of sp³-hybridized carbons (Fsp3) is 0.344. The van der Waals surface area contributed by atoms with Gasteiger partial charge >= 0.3 is 0 Å². The maximum Gasteiger partial charge on any atom is 0.296 e. The van der Waals surface area contributed by atoms with Gasteiger partial charge in [-0.15, -0.1) is 0 Å². The lowest BCUT2D eigenvalue weighted by molar-refractivity contribution is -0.115. The van der Waals surface area contributed by atoms with Gasteiger partial charge in [-0.25, -0.2) is 0 Å². The van der Waals surface area contributed by atoms with Crippen molar-refractivity contribution < 1.29 is 4.79 Å². The minimum atomic E-state index is -0.269. The molecule has 5 rings (SSSR count).